The number of carbonyl (C=O) groups is 1. The minimum Gasteiger partial charge on any atom is -0.295 e. The SMILES string of the molecule is C=C/C(=C\CCC1CCC(=O)C=C1C=C(C)C)Sc1ccccc1. The maximum Gasteiger partial charge on any atom is 0.155 e. The summed E-state index contributed by atoms with van der Waals surface area (Å²) < 4.78 is 0. The van der Waals surface area contributed by atoms with Gasteiger partial charge < -0.3 is 0 Å². The minimum atomic E-state index is 0.265. The number of thioether (sulfide) groups is 1. The Hall–Kier alpha value is -1.80. The standard InChI is InChI=1S/C22H26OS/c1-4-21(24-22-10-6-5-7-11-22)12-8-9-18-13-14-20(23)16-19(18)15-17(2)3/h4-7,10-12,15-16,18H,1,8-9,13-14H2,2-3H3/b21-12+. The molecule has 0 heterocycles. The molecule has 1 aromatic rings. The average molecular weight is 339 g/mol. The van der Waals surface area contributed by atoms with E-state index in [1.165, 1.54) is 20.9 Å². The van der Waals surface area contributed by atoms with Crippen LogP contribution in [0.25, 0.3) is 0 Å². The summed E-state index contributed by atoms with van der Waals surface area (Å²) in [5.74, 6) is 0.752. The third kappa shape index (κ3) is 6.01. The highest BCUT2D eigenvalue weighted by Crippen LogP contribution is 2.31. The molecule has 1 unspecified atom stereocenters. The number of hydrogen-bond acceptors (Lipinski definition) is 2. The first kappa shape index (κ1) is 18.5. The van der Waals surface area contributed by atoms with Crippen LogP contribution in [0.15, 0.2) is 82.2 Å². The van der Waals surface area contributed by atoms with Crippen LogP contribution in [-0.2, 0) is 4.79 Å². The van der Waals surface area contributed by atoms with Gasteiger partial charge in [0.2, 0.25) is 0 Å². The van der Waals surface area contributed by atoms with E-state index in [1.807, 2.05) is 18.2 Å². The summed E-state index contributed by atoms with van der Waals surface area (Å²) in [7, 11) is 0. The number of allylic oxidation sites excluding steroid dienone is 6. The van der Waals surface area contributed by atoms with E-state index in [2.05, 4.69) is 56.8 Å². The molecule has 0 saturated heterocycles. The highest BCUT2D eigenvalue weighted by Gasteiger charge is 2.19. The fourth-order valence-corrected chi connectivity index (χ4v) is 3.73. The topological polar surface area (TPSA) is 17.1 Å². The van der Waals surface area contributed by atoms with Crippen molar-refractivity contribution in [1.29, 1.82) is 0 Å². The van der Waals surface area contributed by atoms with Gasteiger partial charge >= 0.3 is 0 Å². The number of carbonyl (C=O) groups excluding carboxylic acids is 1. The first-order valence-corrected chi connectivity index (χ1v) is 9.35. The maximum atomic E-state index is 11.7. The fraction of sp³-hybridized carbons (Fsp3) is 0.318. The Morgan fingerprint density at radius 3 is 2.71 bits per heavy atom. The molecule has 0 aromatic heterocycles. The van der Waals surface area contributed by atoms with Crippen molar-refractivity contribution >= 4 is 17.5 Å². The van der Waals surface area contributed by atoms with Gasteiger partial charge in [0, 0.05) is 16.2 Å². The smallest absolute Gasteiger partial charge is 0.155 e. The van der Waals surface area contributed by atoms with E-state index >= 15 is 0 Å². The normalized spacial score (nSPS) is 18.1. The summed E-state index contributed by atoms with van der Waals surface area (Å²) in [4.78, 5) is 14.1. The van der Waals surface area contributed by atoms with E-state index in [-0.39, 0.29) is 5.78 Å². The van der Waals surface area contributed by atoms with Crippen LogP contribution >= 0.6 is 11.8 Å². The van der Waals surface area contributed by atoms with E-state index in [1.54, 1.807) is 11.8 Å². The molecule has 1 aliphatic carbocycles. The molecule has 0 bridgehead atoms. The van der Waals surface area contributed by atoms with Crippen molar-refractivity contribution in [3.8, 4) is 0 Å². The Labute approximate surface area is 150 Å². The largest absolute Gasteiger partial charge is 0.295 e. The number of ketones is 1. The Kier molecular flexibility index (Phi) is 7.33. The van der Waals surface area contributed by atoms with Crippen LogP contribution in [0.2, 0.25) is 0 Å². The summed E-state index contributed by atoms with van der Waals surface area (Å²) in [5, 5.41) is 0. The van der Waals surface area contributed by atoms with E-state index in [4.69, 9.17) is 0 Å². The van der Waals surface area contributed by atoms with E-state index in [0.717, 1.165) is 19.3 Å². The molecule has 0 spiro atoms. The predicted octanol–water partition coefficient (Wildman–Crippen LogP) is 6.50. The predicted molar refractivity (Wildman–Crippen MR) is 105 cm³/mol. The van der Waals surface area contributed by atoms with Gasteiger partial charge in [0.25, 0.3) is 0 Å². The maximum absolute atomic E-state index is 11.7. The van der Waals surface area contributed by atoms with Crippen molar-refractivity contribution in [3.05, 3.63) is 77.3 Å². The van der Waals surface area contributed by atoms with Crippen LogP contribution in [0, 0.1) is 5.92 Å². The molecular formula is C22H26OS. The molecule has 2 heteroatoms. The first-order chi connectivity index (χ1) is 11.6. The van der Waals surface area contributed by atoms with Crippen molar-refractivity contribution in [3.63, 3.8) is 0 Å². The molecule has 2 rings (SSSR count). The molecule has 0 aliphatic heterocycles. The summed E-state index contributed by atoms with van der Waals surface area (Å²) in [6, 6.07) is 10.4. The van der Waals surface area contributed by atoms with Gasteiger partial charge in [0.1, 0.15) is 0 Å². The first-order valence-electron chi connectivity index (χ1n) is 8.53. The van der Waals surface area contributed by atoms with Gasteiger partial charge in [-0.15, -0.1) is 0 Å². The number of benzene rings is 1. The zero-order valence-electron chi connectivity index (χ0n) is 14.6. The van der Waals surface area contributed by atoms with Gasteiger partial charge in [-0.2, -0.15) is 0 Å². The summed E-state index contributed by atoms with van der Waals surface area (Å²) in [6.07, 6.45) is 11.9. The zero-order valence-corrected chi connectivity index (χ0v) is 15.4. The van der Waals surface area contributed by atoms with Gasteiger partial charge in [0.05, 0.1) is 0 Å². The number of hydrogen-bond donors (Lipinski definition) is 0. The van der Waals surface area contributed by atoms with E-state index in [9.17, 15) is 4.79 Å². The molecule has 0 fully saturated rings. The Bertz CT molecular complexity index is 660. The lowest BCUT2D eigenvalue weighted by molar-refractivity contribution is -0.115. The van der Waals surface area contributed by atoms with Crippen LogP contribution in [0.5, 0.6) is 0 Å². The molecule has 1 nitrogen and oxygen atoms in total. The molecule has 0 N–H and O–H groups in total. The Morgan fingerprint density at radius 1 is 1.29 bits per heavy atom. The second-order valence-electron chi connectivity index (χ2n) is 6.37. The van der Waals surface area contributed by atoms with Gasteiger partial charge in [0.15, 0.2) is 5.78 Å². The van der Waals surface area contributed by atoms with Crippen LogP contribution in [-0.4, -0.2) is 5.78 Å². The van der Waals surface area contributed by atoms with Crippen LogP contribution in [0.4, 0.5) is 0 Å². The van der Waals surface area contributed by atoms with E-state index < -0.39 is 0 Å². The van der Waals surface area contributed by atoms with Gasteiger partial charge in [-0.05, 0) is 62.8 Å². The molecule has 1 aromatic carbocycles. The summed E-state index contributed by atoms with van der Waals surface area (Å²) in [6.45, 7) is 8.11. The lowest BCUT2D eigenvalue weighted by atomic mass is 9.83. The quantitative estimate of drug-likeness (QED) is 0.417. The lowest BCUT2D eigenvalue weighted by Gasteiger charge is -2.21. The Morgan fingerprint density at radius 2 is 2.04 bits per heavy atom. The van der Waals surface area contributed by atoms with Crippen molar-refractivity contribution in [2.45, 2.75) is 44.4 Å². The highest BCUT2D eigenvalue weighted by atomic mass is 32.2. The molecule has 1 atom stereocenters. The van der Waals surface area contributed by atoms with Crippen LogP contribution in [0.3, 0.4) is 0 Å². The van der Waals surface area contributed by atoms with Gasteiger partial charge in [-0.3, -0.25) is 4.79 Å². The van der Waals surface area contributed by atoms with E-state index in [0.29, 0.717) is 12.3 Å². The minimum absolute atomic E-state index is 0.265. The molecule has 0 amide bonds. The highest BCUT2D eigenvalue weighted by molar-refractivity contribution is 8.03. The van der Waals surface area contributed by atoms with Crippen LogP contribution < -0.4 is 0 Å². The third-order valence-electron chi connectivity index (χ3n) is 4.03. The van der Waals surface area contributed by atoms with Gasteiger partial charge in [-0.25, -0.2) is 0 Å². The Balaban J connectivity index is 1.97. The molecular weight excluding hydrogens is 312 g/mol. The van der Waals surface area contributed by atoms with Crippen molar-refractivity contribution < 1.29 is 4.79 Å². The summed E-state index contributed by atoms with van der Waals surface area (Å²) in [5.41, 5.74) is 2.46. The molecule has 1 aliphatic rings. The molecule has 0 saturated carbocycles. The second-order valence-corrected chi connectivity index (χ2v) is 7.52. The third-order valence-corrected chi connectivity index (χ3v) is 5.11. The lowest BCUT2D eigenvalue weighted by Crippen LogP contribution is -2.13. The van der Waals surface area contributed by atoms with Crippen molar-refractivity contribution in [2.24, 2.45) is 5.92 Å². The van der Waals surface area contributed by atoms with Crippen LogP contribution in [0.1, 0.15) is 39.5 Å². The fourth-order valence-electron chi connectivity index (χ4n) is 2.88. The monoisotopic (exact) mass is 338 g/mol. The summed E-state index contributed by atoms with van der Waals surface area (Å²) >= 11 is 1.75. The number of rotatable bonds is 7. The second kappa shape index (κ2) is 9.48. The molecule has 126 valence electrons. The molecule has 0 radical (unpaired) electrons. The van der Waals surface area contributed by atoms with Crippen molar-refractivity contribution in [2.75, 3.05) is 0 Å². The molecule has 24 heavy (non-hydrogen) atoms. The average Bonchev–Trinajstić information content (AvgIpc) is 2.56. The van der Waals surface area contributed by atoms with Crippen molar-refractivity contribution in [1.82, 2.24) is 0 Å². The van der Waals surface area contributed by atoms with Gasteiger partial charge in [-0.1, -0.05) is 60.3 Å². The zero-order chi connectivity index (χ0) is 17.4.